The second-order valence-corrected chi connectivity index (χ2v) is 5.09. The van der Waals surface area contributed by atoms with Gasteiger partial charge in [-0.3, -0.25) is 4.79 Å². The first-order valence-electron chi connectivity index (χ1n) is 6.79. The third kappa shape index (κ3) is 4.15. The molecule has 1 atom stereocenters. The van der Waals surface area contributed by atoms with Crippen molar-refractivity contribution in [2.24, 2.45) is 0 Å². The fourth-order valence-corrected chi connectivity index (χ4v) is 2.34. The monoisotopic (exact) mass is 246 g/mol. The predicted molar refractivity (Wildman–Crippen MR) is 73.5 cm³/mol. The minimum absolute atomic E-state index is 0.122. The van der Waals surface area contributed by atoms with Crippen LogP contribution < -0.4 is 10.6 Å². The van der Waals surface area contributed by atoms with E-state index in [9.17, 15) is 4.79 Å². The zero-order valence-corrected chi connectivity index (χ0v) is 11.0. The van der Waals surface area contributed by atoms with Gasteiger partial charge in [-0.1, -0.05) is 29.8 Å². The highest BCUT2D eigenvalue weighted by Gasteiger charge is 2.13. The molecule has 0 unspecified atom stereocenters. The molecule has 2 rings (SSSR count). The topological polar surface area (TPSA) is 41.1 Å². The third-order valence-electron chi connectivity index (χ3n) is 3.46. The van der Waals surface area contributed by atoms with Gasteiger partial charge >= 0.3 is 0 Å². The predicted octanol–water partition coefficient (Wildman–Crippen LogP) is 1.80. The lowest BCUT2D eigenvalue weighted by Gasteiger charge is -2.10. The number of benzene rings is 1. The molecule has 2 N–H and O–H groups in total. The van der Waals surface area contributed by atoms with Gasteiger partial charge in [-0.05, 0) is 38.3 Å². The van der Waals surface area contributed by atoms with Gasteiger partial charge in [0, 0.05) is 12.6 Å². The highest BCUT2D eigenvalue weighted by atomic mass is 16.1. The number of aryl methyl sites for hydroxylation is 1. The Hall–Kier alpha value is -1.35. The Morgan fingerprint density at radius 2 is 2.17 bits per heavy atom. The van der Waals surface area contributed by atoms with E-state index < -0.39 is 0 Å². The first kappa shape index (κ1) is 13.1. The average Bonchev–Trinajstić information content (AvgIpc) is 2.85. The number of carbonyl (C=O) groups excluding carboxylic acids is 1. The van der Waals surface area contributed by atoms with Crippen LogP contribution in [-0.4, -0.2) is 25.0 Å². The van der Waals surface area contributed by atoms with Gasteiger partial charge in [-0.25, -0.2) is 0 Å². The summed E-state index contributed by atoms with van der Waals surface area (Å²) >= 11 is 0. The van der Waals surface area contributed by atoms with Crippen LogP contribution in [0.1, 0.15) is 30.4 Å². The Morgan fingerprint density at radius 3 is 2.83 bits per heavy atom. The summed E-state index contributed by atoms with van der Waals surface area (Å²) in [5.41, 5.74) is 2.31. The first-order valence-corrected chi connectivity index (χ1v) is 6.79. The number of nitrogens with one attached hydrogen (secondary N) is 2. The van der Waals surface area contributed by atoms with Crippen molar-refractivity contribution in [3.63, 3.8) is 0 Å². The van der Waals surface area contributed by atoms with Gasteiger partial charge < -0.3 is 10.6 Å². The quantitative estimate of drug-likeness (QED) is 0.831. The van der Waals surface area contributed by atoms with Gasteiger partial charge in [-0.2, -0.15) is 0 Å². The SMILES string of the molecule is Cc1ccc(CC(=O)NCC[C@@H]2CCCN2)cc1. The van der Waals surface area contributed by atoms with Crippen LogP contribution in [-0.2, 0) is 11.2 Å². The van der Waals surface area contributed by atoms with Crippen LogP contribution in [0.3, 0.4) is 0 Å². The zero-order valence-electron chi connectivity index (χ0n) is 11.0. The van der Waals surface area contributed by atoms with Crippen LogP contribution >= 0.6 is 0 Å². The number of amides is 1. The van der Waals surface area contributed by atoms with E-state index in [0.717, 1.165) is 25.1 Å². The van der Waals surface area contributed by atoms with Crippen molar-refractivity contribution in [1.82, 2.24) is 10.6 Å². The maximum atomic E-state index is 11.7. The Morgan fingerprint density at radius 1 is 1.39 bits per heavy atom. The van der Waals surface area contributed by atoms with Crippen LogP contribution in [0.5, 0.6) is 0 Å². The summed E-state index contributed by atoms with van der Waals surface area (Å²) < 4.78 is 0. The fraction of sp³-hybridized carbons (Fsp3) is 0.533. The van der Waals surface area contributed by atoms with Crippen LogP contribution in [0.4, 0.5) is 0 Å². The Bertz CT molecular complexity index is 380. The Labute approximate surface area is 109 Å². The number of hydrogen-bond donors (Lipinski definition) is 2. The zero-order chi connectivity index (χ0) is 12.8. The molecule has 1 fully saturated rings. The highest BCUT2D eigenvalue weighted by molar-refractivity contribution is 5.78. The molecule has 0 saturated carbocycles. The van der Waals surface area contributed by atoms with E-state index in [1.165, 1.54) is 18.4 Å². The molecule has 98 valence electrons. The summed E-state index contributed by atoms with van der Waals surface area (Å²) in [6, 6.07) is 8.74. The Balaban J connectivity index is 1.66. The number of hydrogen-bond acceptors (Lipinski definition) is 2. The summed E-state index contributed by atoms with van der Waals surface area (Å²) in [6.45, 7) is 3.96. The maximum Gasteiger partial charge on any atom is 0.224 e. The lowest BCUT2D eigenvalue weighted by molar-refractivity contribution is -0.120. The van der Waals surface area contributed by atoms with Crippen LogP contribution in [0.15, 0.2) is 24.3 Å². The average molecular weight is 246 g/mol. The Kier molecular flexibility index (Phi) is 4.76. The van der Waals surface area contributed by atoms with Crippen LogP contribution in [0, 0.1) is 6.92 Å². The largest absolute Gasteiger partial charge is 0.356 e. The second-order valence-electron chi connectivity index (χ2n) is 5.09. The molecule has 1 aromatic carbocycles. The van der Waals surface area contributed by atoms with E-state index >= 15 is 0 Å². The second kappa shape index (κ2) is 6.55. The smallest absolute Gasteiger partial charge is 0.224 e. The molecule has 1 aromatic rings. The van der Waals surface area contributed by atoms with Crippen molar-refractivity contribution in [1.29, 1.82) is 0 Å². The summed E-state index contributed by atoms with van der Waals surface area (Å²) in [6.07, 6.45) is 4.04. The van der Waals surface area contributed by atoms with E-state index in [2.05, 4.69) is 17.6 Å². The molecule has 18 heavy (non-hydrogen) atoms. The summed E-state index contributed by atoms with van der Waals surface area (Å²) in [7, 11) is 0. The lowest BCUT2D eigenvalue weighted by atomic mass is 10.1. The minimum Gasteiger partial charge on any atom is -0.356 e. The van der Waals surface area contributed by atoms with Crippen LogP contribution in [0.25, 0.3) is 0 Å². The van der Waals surface area contributed by atoms with Crippen molar-refractivity contribution in [3.05, 3.63) is 35.4 Å². The van der Waals surface area contributed by atoms with Gasteiger partial charge in [0.05, 0.1) is 6.42 Å². The van der Waals surface area contributed by atoms with Crippen molar-refractivity contribution in [2.75, 3.05) is 13.1 Å². The molecule has 3 nitrogen and oxygen atoms in total. The first-order chi connectivity index (χ1) is 8.74. The van der Waals surface area contributed by atoms with Crippen molar-refractivity contribution in [2.45, 2.75) is 38.6 Å². The van der Waals surface area contributed by atoms with Gasteiger partial charge in [-0.15, -0.1) is 0 Å². The van der Waals surface area contributed by atoms with E-state index in [4.69, 9.17) is 0 Å². The normalized spacial score (nSPS) is 18.8. The summed E-state index contributed by atoms with van der Waals surface area (Å²) in [5, 5.41) is 6.43. The van der Waals surface area contributed by atoms with Gasteiger partial charge in [0.1, 0.15) is 0 Å². The van der Waals surface area contributed by atoms with Crippen LogP contribution in [0.2, 0.25) is 0 Å². The van der Waals surface area contributed by atoms with Gasteiger partial charge in [0.25, 0.3) is 0 Å². The van der Waals surface area contributed by atoms with Gasteiger partial charge in [0.2, 0.25) is 5.91 Å². The number of carbonyl (C=O) groups is 1. The van der Waals surface area contributed by atoms with E-state index in [1.54, 1.807) is 0 Å². The third-order valence-corrected chi connectivity index (χ3v) is 3.46. The molecular weight excluding hydrogens is 224 g/mol. The molecule has 0 spiro atoms. The van der Waals surface area contributed by atoms with E-state index in [0.29, 0.717) is 12.5 Å². The molecule has 0 aliphatic carbocycles. The number of rotatable bonds is 5. The van der Waals surface area contributed by atoms with Crippen molar-refractivity contribution < 1.29 is 4.79 Å². The highest BCUT2D eigenvalue weighted by Crippen LogP contribution is 2.07. The maximum absolute atomic E-state index is 11.7. The molecule has 1 aliphatic heterocycles. The van der Waals surface area contributed by atoms with Gasteiger partial charge in [0.15, 0.2) is 0 Å². The molecule has 0 bridgehead atoms. The molecule has 0 radical (unpaired) electrons. The molecule has 0 aromatic heterocycles. The van der Waals surface area contributed by atoms with E-state index in [1.807, 2.05) is 24.3 Å². The minimum atomic E-state index is 0.122. The molecule has 3 heteroatoms. The molecule has 1 heterocycles. The van der Waals surface area contributed by atoms with E-state index in [-0.39, 0.29) is 5.91 Å². The fourth-order valence-electron chi connectivity index (χ4n) is 2.34. The molecular formula is C15H22N2O. The molecule has 1 amide bonds. The van der Waals surface area contributed by atoms with Crippen molar-refractivity contribution in [3.8, 4) is 0 Å². The lowest BCUT2D eigenvalue weighted by Crippen LogP contribution is -2.31. The summed E-state index contributed by atoms with van der Waals surface area (Å²) in [4.78, 5) is 11.7. The van der Waals surface area contributed by atoms with Crippen molar-refractivity contribution >= 4 is 5.91 Å². The molecule has 1 aliphatic rings. The molecule has 1 saturated heterocycles. The standard InChI is InChI=1S/C15H22N2O/c1-12-4-6-13(7-5-12)11-15(18)17-10-8-14-3-2-9-16-14/h4-7,14,16H,2-3,8-11H2,1H3,(H,17,18)/t14-/m0/s1. The summed E-state index contributed by atoms with van der Waals surface area (Å²) in [5.74, 6) is 0.122.